The molecule has 1 heterocycles. The van der Waals surface area contributed by atoms with Gasteiger partial charge in [-0.3, -0.25) is 0 Å². The van der Waals surface area contributed by atoms with Crippen LogP contribution < -0.4 is 11.1 Å². The minimum absolute atomic E-state index is 0.474. The topological polar surface area (TPSA) is 73.9 Å². The highest BCUT2D eigenvalue weighted by atomic mass is 16.3. The summed E-state index contributed by atoms with van der Waals surface area (Å²) < 4.78 is 0. The highest BCUT2D eigenvalue weighted by Crippen LogP contribution is 2.29. The van der Waals surface area contributed by atoms with Crippen molar-refractivity contribution < 1.29 is 5.11 Å². The van der Waals surface area contributed by atoms with Gasteiger partial charge in [0.05, 0.1) is 11.8 Å². The van der Waals surface area contributed by atoms with Crippen LogP contribution >= 0.6 is 0 Å². The fourth-order valence-corrected chi connectivity index (χ4v) is 3.83. The highest BCUT2D eigenvalue weighted by Gasteiger charge is 2.24. The summed E-state index contributed by atoms with van der Waals surface area (Å²) >= 11 is 0. The molecule has 1 aliphatic heterocycles. The van der Waals surface area contributed by atoms with Gasteiger partial charge in [-0.1, -0.05) is 30.3 Å². The number of aliphatic hydroxyl groups is 1. The molecular formula is C25H32N4O. The third-order valence-corrected chi connectivity index (χ3v) is 5.97. The monoisotopic (exact) mass is 404 g/mol. The molecule has 0 amide bonds. The van der Waals surface area contributed by atoms with Crippen LogP contribution in [0.5, 0.6) is 0 Å². The number of aliphatic hydroxyl groups excluding tert-OH is 1. The second-order valence-corrected chi connectivity index (χ2v) is 8.61. The molecule has 0 bridgehead atoms. The second-order valence-electron chi connectivity index (χ2n) is 8.61. The molecule has 0 radical (unpaired) electrons. The molecule has 5 heteroatoms. The molecule has 158 valence electrons. The Balaban J connectivity index is 1.53. The van der Waals surface area contributed by atoms with Crippen molar-refractivity contribution in [1.82, 2.24) is 10.2 Å². The molecule has 1 saturated carbocycles. The zero-order valence-electron chi connectivity index (χ0n) is 17.9. The van der Waals surface area contributed by atoms with Gasteiger partial charge in [0.25, 0.3) is 0 Å². The van der Waals surface area contributed by atoms with Crippen molar-refractivity contribution in [3.8, 4) is 11.1 Å². The third kappa shape index (κ3) is 5.10. The first-order valence-electron chi connectivity index (χ1n) is 10.9. The van der Waals surface area contributed by atoms with Crippen LogP contribution in [0.25, 0.3) is 11.1 Å². The van der Waals surface area contributed by atoms with Gasteiger partial charge in [-0.2, -0.15) is 0 Å². The minimum atomic E-state index is -0.474. The zero-order chi connectivity index (χ0) is 21.1. The van der Waals surface area contributed by atoms with E-state index in [9.17, 15) is 5.11 Å². The second kappa shape index (κ2) is 9.02. The van der Waals surface area contributed by atoms with E-state index in [0.29, 0.717) is 5.84 Å². The maximum atomic E-state index is 9.83. The minimum Gasteiger partial charge on any atom is -0.389 e. The van der Waals surface area contributed by atoms with E-state index in [1.165, 1.54) is 18.5 Å². The lowest BCUT2D eigenvalue weighted by Gasteiger charge is -2.28. The van der Waals surface area contributed by atoms with Gasteiger partial charge in [-0.05, 0) is 67.6 Å². The molecule has 1 fully saturated rings. The Kier molecular flexibility index (Phi) is 6.21. The number of hydrogen-bond donors (Lipinski definition) is 3. The number of hydrogen-bond acceptors (Lipinski definition) is 4. The molecule has 2 aliphatic rings. The van der Waals surface area contributed by atoms with Crippen LogP contribution in [0.3, 0.4) is 0 Å². The lowest BCUT2D eigenvalue weighted by Crippen LogP contribution is -2.37. The summed E-state index contributed by atoms with van der Waals surface area (Å²) in [5.41, 5.74) is 12.8. The number of rotatable bonds is 7. The molecule has 2 aromatic rings. The van der Waals surface area contributed by atoms with Crippen molar-refractivity contribution >= 4 is 11.5 Å². The van der Waals surface area contributed by atoms with E-state index in [1.807, 2.05) is 30.3 Å². The van der Waals surface area contributed by atoms with Gasteiger partial charge < -0.3 is 21.1 Å². The molecular weight excluding hydrogens is 372 g/mol. The first-order chi connectivity index (χ1) is 14.5. The van der Waals surface area contributed by atoms with Crippen LogP contribution in [0, 0.1) is 5.92 Å². The Morgan fingerprint density at radius 1 is 1.20 bits per heavy atom. The molecule has 5 nitrogen and oxygen atoms in total. The van der Waals surface area contributed by atoms with Crippen LogP contribution in [0.4, 0.5) is 5.69 Å². The summed E-state index contributed by atoms with van der Waals surface area (Å²) in [5.74, 6) is 1.43. The number of nitrogens with zero attached hydrogens (tertiary/aromatic N) is 2. The van der Waals surface area contributed by atoms with E-state index in [4.69, 9.17) is 10.7 Å². The van der Waals surface area contributed by atoms with Crippen LogP contribution in [-0.2, 0) is 0 Å². The number of likely N-dealkylation sites (N-methyl/N-ethyl adjacent to an activating group) is 1. The summed E-state index contributed by atoms with van der Waals surface area (Å²) in [4.78, 5) is 7.01. The van der Waals surface area contributed by atoms with E-state index in [2.05, 4.69) is 35.5 Å². The largest absolute Gasteiger partial charge is 0.389 e. The quantitative estimate of drug-likeness (QED) is 0.482. The van der Waals surface area contributed by atoms with Gasteiger partial charge >= 0.3 is 0 Å². The molecule has 0 aromatic heterocycles. The average molecular weight is 405 g/mol. The van der Waals surface area contributed by atoms with E-state index >= 15 is 0 Å². The number of nitrogens with one attached hydrogen (secondary N) is 1. The highest BCUT2D eigenvalue weighted by molar-refractivity contribution is 5.99. The SMILES string of the molecule is CC(O)c1cccc(-c2ccc(N=C(N)C3=C(NCC4CC4)CCN(C)C3)cc2)c1. The summed E-state index contributed by atoms with van der Waals surface area (Å²) in [6.45, 7) is 4.71. The van der Waals surface area contributed by atoms with Crippen molar-refractivity contribution in [2.75, 3.05) is 26.7 Å². The first kappa shape index (κ1) is 20.6. The molecule has 1 aliphatic carbocycles. The van der Waals surface area contributed by atoms with Gasteiger partial charge in [-0.25, -0.2) is 4.99 Å². The van der Waals surface area contributed by atoms with Crippen molar-refractivity contribution in [3.05, 3.63) is 65.4 Å². The Bertz CT molecular complexity index is 942. The molecule has 30 heavy (non-hydrogen) atoms. The van der Waals surface area contributed by atoms with E-state index in [1.54, 1.807) is 6.92 Å². The molecule has 1 unspecified atom stereocenters. The Morgan fingerprint density at radius 2 is 1.97 bits per heavy atom. The summed E-state index contributed by atoms with van der Waals surface area (Å²) in [7, 11) is 2.13. The Morgan fingerprint density at radius 3 is 2.67 bits per heavy atom. The summed E-state index contributed by atoms with van der Waals surface area (Å²) in [6.07, 6.45) is 3.20. The van der Waals surface area contributed by atoms with Gasteiger partial charge in [0.2, 0.25) is 0 Å². The molecule has 4 rings (SSSR count). The van der Waals surface area contributed by atoms with Crippen molar-refractivity contribution in [1.29, 1.82) is 0 Å². The van der Waals surface area contributed by atoms with Gasteiger partial charge in [0, 0.05) is 37.3 Å². The number of aliphatic imine (C=N–C) groups is 1. The van der Waals surface area contributed by atoms with Crippen LogP contribution in [0.1, 0.15) is 37.9 Å². The van der Waals surface area contributed by atoms with Gasteiger partial charge in [0.15, 0.2) is 0 Å². The fourth-order valence-electron chi connectivity index (χ4n) is 3.83. The fraction of sp³-hybridized carbons (Fsp3) is 0.400. The lowest BCUT2D eigenvalue weighted by atomic mass is 10.0. The standard InChI is InChI=1S/C25H32N4O/c1-17(30)20-4-3-5-21(14-20)19-8-10-22(11-9-19)28-25(26)23-16-29(2)13-12-24(23)27-15-18-6-7-18/h3-5,8-11,14,17-18,27,30H,6-7,12-13,15-16H2,1-2H3,(H2,26,28). The first-order valence-corrected chi connectivity index (χ1v) is 10.9. The average Bonchev–Trinajstić information content (AvgIpc) is 3.58. The van der Waals surface area contributed by atoms with Crippen molar-refractivity contribution in [3.63, 3.8) is 0 Å². The summed E-state index contributed by atoms with van der Waals surface area (Å²) in [5, 5.41) is 13.5. The smallest absolute Gasteiger partial charge is 0.130 e. The molecule has 1 atom stereocenters. The van der Waals surface area contributed by atoms with Crippen molar-refractivity contribution in [2.45, 2.75) is 32.3 Å². The molecule has 0 saturated heterocycles. The maximum Gasteiger partial charge on any atom is 0.130 e. The summed E-state index contributed by atoms with van der Waals surface area (Å²) in [6, 6.07) is 16.1. The van der Waals surface area contributed by atoms with Crippen LogP contribution in [-0.4, -0.2) is 42.5 Å². The van der Waals surface area contributed by atoms with Crippen LogP contribution in [0.2, 0.25) is 0 Å². The number of amidine groups is 1. The van der Waals surface area contributed by atoms with Crippen molar-refractivity contribution in [2.24, 2.45) is 16.6 Å². The Hall–Kier alpha value is -2.63. The Labute approximate surface area is 179 Å². The van der Waals surface area contributed by atoms with E-state index < -0.39 is 6.10 Å². The van der Waals surface area contributed by atoms with Crippen LogP contribution in [0.15, 0.2) is 64.8 Å². The van der Waals surface area contributed by atoms with E-state index in [-0.39, 0.29) is 0 Å². The maximum absolute atomic E-state index is 9.83. The lowest BCUT2D eigenvalue weighted by molar-refractivity contribution is 0.199. The molecule has 2 aromatic carbocycles. The normalized spacial score (nSPS) is 19.1. The van der Waals surface area contributed by atoms with Gasteiger partial charge in [0.1, 0.15) is 5.84 Å². The number of nitrogens with two attached hydrogens (primary N) is 1. The zero-order valence-corrected chi connectivity index (χ0v) is 17.9. The predicted octanol–water partition coefficient (Wildman–Crippen LogP) is 3.98. The molecule has 4 N–H and O–H groups in total. The van der Waals surface area contributed by atoms with E-state index in [0.717, 1.165) is 59.9 Å². The third-order valence-electron chi connectivity index (χ3n) is 5.97. The predicted molar refractivity (Wildman–Crippen MR) is 124 cm³/mol. The molecule has 0 spiro atoms. The van der Waals surface area contributed by atoms with Gasteiger partial charge in [-0.15, -0.1) is 0 Å². The number of benzene rings is 2.